The van der Waals surface area contributed by atoms with E-state index in [1.807, 2.05) is 29.6 Å². The van der Waals surface area contributed by atoms with Crippen LogP contribution in [0.2, 0.25) is 0 Å². The number of benzene rings is 2. The van der Waals surface area contributed by atoms with Crippen LogP contribution in [0.1, 0.15) is 37.5 Å². The van der Waals surface area contributed by atoms with Gasteiger partial charge in [-0.15, -0.1) is 11.3 Å². The van der Waals surface area contributed by atoms with E-state index in [1.165, 1.54) is 22.5 Å². The van der Waals surface area contributed by atoms with Gasteiger partial charge in [0.25, 0.3) is 5.91 Å². The van der Waals surface area contributed by atoms with Crippen molar-refractivity contribution in [3.63, 3.8) is 0 Å². The molecule has 3 aromatic rings. The lowest BCUT2D eigenvalue weighted by molar-refractivity contribution is -0.118. The molecule has 0 spiro atoms. The lowest BCUT2D eigenvalue weighted by atomic mass is 9.87. The quantitative estimate of drug-likeness (QED) is 0.600. The van der Waals surface area contributed by atoms with E-state index in [0.717, 1.165) is 16.8 Å². The number of amides is 1. The highest BCUT2D eigenvalue weighted by molar-refractivity contribution is 7.14. The molecule has 5 heteroatoms. The Balaban J connectivity index is 1.58. The minimum Gasteiger partial charge on any atom is -0.484 e. The van der Waals surface area contributed by atoms with Gasteiger partial charge in [0, 0.05) is 10.9 Å². The van der Waals surface area contributed by atoms with Crippen molar-refractivity contribution in [1.82, 2.24) is 4.98 Å². The standard InChI is InChI=1S/C23H26N2O2S/c1-15-6-7-16(2)19(12-15)20-14-28-22(24-20)25-21(26)13-27-18-10-8-17(9-11-18)23(3,4)5/h6-12,14H,13H2,1-5H3,(H,24,25,26). The summed E-state index contributed by atoms with van der Waals surface area (Å²) in [5.74, 6) is 0.458. The first-order valence-corrected chi connectivity index (χ1v) is 10.2. The van der Waals surface area contributed by atoms with E-state index in [1.54, 1.807) is 0 Å². The number of carbonyl (C=O) groups excluding carboxylic acids is 1. The predicted molar refractivity (Wildman–Crippen MR) is 116 cm³/mol. The smallest absolute Gasteiger partial charge is 0.264 e. The number of carbonyl (C=O) groups is 1. The van der Waals surface area contributed by atoms with Crippen LogP contribution in [-0.2, 0) is 10.2 Å². The molecule has 1 N–H and O–H groups in total. The van der Waals surface area contributed by atoms with E-state index in [9.17, 15) is 4.79 Å². The number of aromatic nitrogens is 1. The Morgan fingerprint density at radius 3 is 2.50 bits per heavy atom. The Morgan fingerprint density at radius 2 is 1.82 bits per heavy atom. The van der Waals surface area contributed by atoms with Crippen molar-refractivity contribution in [2.24, 2.45) is 0 Å². The molecule has 0 aliphatic carbocycles. The third kappa shape index (κ3) is 4.98. The van der Waals surface area contributed by atoms with Crippen LogP contribution in [0.25, 0.3) is 11.3 Å². The number of anilines is 1. The van der Waals surface area contributed by atoms with Crippen molar-refractivity contribution < 1.29 is 9.53 Å². The van der Waals surface area contributed by atoms with Gasteiger partial charge in [-0.25, -0.2) is 4.98 Å². The largest absolute Gasteiger partial charge is 0.484 e. The molecule has 0 bridgehead atoms. The number of thiazole rings is 1. The molecule has 0 saturated heterocycles. The lowest BCUT2D eigenvalue weighted by Crippen LogP contribution is -2.20. The molecular weight excluding hydrogens is 368 g/mol. The molecule has 0 radical (unpaired) electrons. The summed E-state index contributed by atoms with van der Waals surface area (Å²) in [6.45, 7) is 10.6. The first-order valence-electron chi connectivity index (χ1n) is 9.29. The van der Waals surface area contributed by atoms with Gasteiger partial charge in [-0.2, -0.15) is 0 Å². The number of rotatable bonds is 5. The van der Waals surface area contributed by atoms with Crippen LogP contribution in [0.5, 0.6) is 5.75 Å². The summed E-state index contributed by atoms with van der Waals surface area (Å²) in [5, 5.41) is 5.35. The average Bonchev–Trinajstić information content (AvgIpc) is 3.10. The molecule has 0 saturated carbocycles. The van der Waals surface area contributed by atoms with E-state index >= 15 is 0 Å². The number of nitrogens with one attached hydrogen (secondary N) is 1. The highest BCUT2D eigenvalue weighted by Gasteiger charge is 2.14. The Morgan fingerprint density at radius 1 is 1.11 bits per heavy atom. The molecule has 0 aliphatic heterocycles. The second kappa shape index (κ2) is 8.15. The van der Waals surface area contributed by atoms with Crippen LogP contribution < -0.4 is 10.1 Å². The van der Waals surface area contributed by atoms with Crippen molar-refractivity contribution >= 4 is 22.4 Å². The highest BCUT2D eigenvalue weighted by Crippen LogP contribution is 2.28. The van der Waals surface area contributed by atoms with Crippen molar-refractivity contribution in [3.8, 4) is 17.0 Å². The SMILES string of the molecule is Cc1ccc(C)c(-c2csc(NC(=O)COc3ccc(C(C)(C)C)cc3)n2)c1. The van der Waals surface area contributed by atoms with E-state index in [-0.39, 0.29) is 17.9 Å². The molecule has 2 aromatic carbocycles. The van der Waals surface area contributed by atoms with E-state index in [4.69, 9.17) is 4.74 Å². The zero-order valence-electron chi connectivity index (χ0n) is 17.0. The van der Waals surface area contributed by atoms with Crippen molar-refractivity contribution in [2.75, 3.05) is 11.9 Å². The molecule has 4 nitrogen and oxygen atoms in total. The lowest BCUT2D eigenvalue weighted by Gasteiger charge is -2.19. The third-order valence-electron chi connectivity index (χ3n) is 4.51. The Hall–Kier alpha value is -2.66. The van der Waals surface area contributed by atoms with Crippen molar-refractivity contribution in [1.29, 1.82) is 0 Å². The molecule has 0 atom stereocenters. The van der Waals surface area contributed by atoms with E-state index in [2.05, 4.69) is 63.1 Å². The Kier molecular flexibility index (Phi) is 5.84. The van der Waals surface area contributed by atoms with E-state index < -0.39 is 0 Å². The fraction of sp³-hybridized carbons (Fsp3) is 0.304. The maximum atomic E-state index is 12.2. The first-order chi connectivity index (χ1) is 13.2. The summed E-state index contributed by atoms with van der Waals surface area (Å²) in [6.07, 6.45) is 0. The summed E-state index contributed by atoms with van der Waals surface area (Å²) in [6, 6.07) is 14.1. The normalized spacial score (nSPS) is 11.3. The van der Waals surface area contributed by atoms with Crippen LogP contribution in [-0.4, -0.2) is 17.5 Å². The second-order valence-corrected chi connectivity index (χ2v) is 8.83. The average molecular weight is 395 g/mol. The summed E-state index contributed by atoms with van der Waals surface area (Å²) < 4.78 is 5.60. The minimum atomic E-state index is -0.221. The van der Waals surface area contributed by atoms with Gasteiger partial charge in [-0.1, -0.05) is 50.6 Å². The number of aryl methyl sites for hydroxylation is 2. The minimum absolute atomic E-state index is 0.0484. The zero-order chi connectivity index (χ0) is 20.3. The van der Waals surface area contributed by atoms with Gasteiger partial charge in [0.05, 0.1) is 5.69 Å². The third-order valence-corrected chi connectivity index (χ3v) is 5.27. The fourth-order valence-corrected chi connectivity index (χ4v) is 3.55. The zero-order valence-corrected chi connectivity index (χ0v) is 17.8. The molecular formula is C23H26N2O2S. The molecule has 0 fully saturated rings. The first kappa shape index (κ1) is 20.1. The summed E-state index contributed by atoms with van der Waals surface area (Å²) in [7, 11) is 0. The Labute approximate surface area is 170 Å². The van der Waals surface area contributed by atoms with Gasteiger partial charge in [-0.3, -0.25) is 10.1 Å². The van der Waals surface area contributed by atoms with E-state index in [0.29, 0.717) is 10.9 Å². The maximum absolute atomic E-state index is 12.2. The molecule has 1 amide bonds. The van der Waals surface area contributed by atoms with Crippen LogP contribution in [0.3, 0.4) is 0 Å². The predicted octanol–water partition coefficient (Wildman–Crippen LogP) is 5.74. The number of nitrogens with zero attached hydrogens (tertiary/aromatic N) is 1. The molecule has 0 aliphatic rings. The Bertz CT molecular complexity index is 969. The topological polar surface area (TPSA) is 51.2 Å². The van der Waals surface area contributed by atoms with Crippen LogP contribution in [0.15, 0.2) is 47.8 Å². The van der Waals surface area contributed by atoms with Gasteiger partial charge in [0.1, 0.15) is 5.75 Å². The van der Waals surface area contributed by atoms with Crippen LogP contribution in [0.4, 0.5) is 5.13 Å². The summed E-state index contributed by atoms with van der Waals surface area (Å²) in [5.41, 5.74) is 5.63. The molecule has 146 valence electrons. The van der Waals surface area contributed by atoms with Gasteiger partial charge in [0.15, 0.2) is 11.7 Å². The maximum Gasteiger partial charge on any atom is 0.264 e. The number of hydrogen-bond donors (Lipinski definition) is 1. The fourth-order valence-electron chi connectivity index (χ4n) is 2.82. The molecule has 1 aromatic heterocycles. The number of ether oxygens (including phenoxy) is 1. The highest BCUT2D eigenvalue weighted by atomic mass is 32.1. The van der Waals surface area contributed by atoms with Crippen LogP contribution in [0, 0.1) is 13.8 Å². The van der Waals surface area contributed by atoms with Gasteiger partial charge in [0.2, 0.25) is 0 Å². The van der Waals surface area contributed by atoms with Crippen molar-refractivity contribution in [2.45, 2.75) is 40.0 Å². The summed E-state index contributed by atoms with van der Waals surface area (Å²) in [4.78, 5) is 16.8. The summed E-state index contributed by atoms with van der Waals surface area (Å²) >= 11 is 1.42. The molecule has 28 heavy (non-hydrogen) atoms. The van der Waals surface area contributed by atoms with Gasteiger partial charge < -0.3 is 4.74 Å². The molecule has 1 heterocycles. The monoisotopic (exact) mass is 394 g/mol. The molecule has 0 unspecified atom stereocenters. The molecule has 3 rings (SSSR count). The van der Waals surface area contributed by atoms with Crippen molar-refractivity contribution in [3.05, 3.63) is 64.5 Å². The van der Waals surface area contributed by atoms with Gasteiger partial charge >= 0.3 is 0 Å². The van der Waals surface area contributed by atoms with Crippen LogP contribution >= 0.6 is 11.3 Å². The second-order valence-electron chi connectivity index (χ2n) is 7.97. The van der Waals surface area contributed by atoms with Gasteiger partial charge in [-0.05, 0) is 48.6 Å². The number of hydrogen-bond acceptors (Lipinski definition) is 4.